The maximum atomic E-state index is 4.33. The fourth-order valence-electron chi connectivity index (χ4n) is 1.55. The normalized spacial score (nSPS) is 17.9. The van der Waals surface area contributed by atoms with E-state index < -0.39 is 0 Å². The molecule has 1 aromatic heterocycles. The lowest BCUT2D eigenvalue weighted by Gasteiger charge is -2.12. The van der Waals surface area contributed by atoms with Crippen LogP contribution in [0.2, 0.25) is 0 Å². The molecule has 0 aromatic carbocycles. The van der Waals surface area contributed by atoms with Gasteiger partial charge < -0.3 is 5.32 Å². The van der Waals surface area contributed by atoms with Crippen LogP contribution in [0, 0.1) is 0 Å². The molecule has 14 heavy (non-hydrogen) atoms. The number of anilines is 1. The molecule has 1 heterocycles. The predicted molar refractivity (Wildman–Crippen MR) is 59.6 cm³/mol. The molecule has 2 rings (SSSR count). The molecule has 1 fully saturated rings. The molecular formula is C12H18N2. The molecular weight excluding hydrogens is 172 g/mol. The average Bonchev–Trinajstić information content (AvgIpc) is 3.01. The van der Waals surface area contributed by atoms with E-state index >= 15 is 0 Å². The van der Waals surface area contributed by atoms with Gasteiger partial charge in [0.1, 0.15) is 5.82 Å². The number of rotatable bonds is 4. The lowest BCUT2D eigenvalue weighted by molar-refractivity contribution is 0.758. The van der Waals surface area contributed by atoms with Gasteiger partial charge in [-0.3, -0.25) is 0 Å². The Morgan fingerprint density at radius 3 is 3.00 bits per heavy atom. The molecule has 1 aromatic rings. The van der Waals surface area contributed by atoms with Crippen LogP contribution in [-0.2, 0) is 0 Å². The first kappa shape index (κ1) is 9.50. The highest BCUT2D eigenvalue weighted by molar-refractivity contribution is 5.40. The second kappa shape index (κ2) is 3.99. The third-order valence-electron chi connectivity index (χ3n) is 2.84. The summed E-state index contributed by atoms with van der Waals surface area (Å²) in [5.74, 6) is 1.85. The van der Waals surface area contributed by atoms with E-state index in [1.54, 1.807) is 0 Å². The van der Waals surface area contributed by atoms with E-state index in [0.29, 0.717) is 6.04 Å². The third-order valence-corrected chi connectivity index (χ3v) is 2.84. The van der Waals surface area contributed by atoms with Crippen molar-refractivity contribution in [1.82, 2.24) is 4.98 Å². The molecule has 2 nitrogen and oxygen atoms in total. The van der Waals surface area contributed by atoms with Crippen molar-refractivity contribution in [2.45, 2.75) is 45.1 Å². The summed E-state index contributed by atoms with van der Waals surface area (Å²) in [7, 11) is 0. The molecule has 2 heteroatoms. The Balaban J connectivity index is 2.05. The van der Waals surface area contributed by atoms with Crippen LogP contribution in [0.4, 0.5) is 5.82 Å². The zero-order chi connectivity index (χ0) is 9.97. The highest BCUT2D eigenvalue weighted by Crippen LogP contribution is 2.40. The highest BCUT2D eigenvalue weighted by Gasteiger charge is 2.23. The smallest absolute Gasteiger partial charge is 0.126 e. The zero-order valence-electron chi connectivity index (χ0n) is 8.96. The van der Waals surface area contributed by atoms with Gasteiger partial charge in [0.2, 0.25) is 0 Å². The lowest BCUT2D eigenvalue weighted by Crippen LogP contribution is -2.14. The van der Waals surface area contributed by atoms with Crippen LogP contribution < -0.4 is 5.32 Å². The van der Waals surface area contributed by atoms with E-state index in [4.69, 9.17) is 0 Å². The molecule has 76 valence electrons. The van der Waals surface area contributed by atoms with E-state index in [9.17, 15) is 0 Å². The van der Waals surface area contributed by atoms with Crippen LogP contribution in [0.3, 0.4) is 0 Å². The molecule has 0 aliphatic heterocycles. The minimum atomic E-state index is 0.511. The summed E-state index contributed by atoms with van der Waals surface area (Å²) < 4.78 is 0. The topological polar surface area (TPSA) is 24.9 Å². The van der Waals surface area contributed by atoms with Gasteiger partial charge in [-0.05, 0) is 49.8 Å². The quantitative estimate of drug-likeness (QED) is 0.788. The lowest BCUT2D eigenvalue weighted by atomic mass is 10.1. The summed E-state index contributed by atoms with van der Waals surface area (Å²) >= 11 is 0. The minimum absolute atomic E-state index is 0.511. The summed E-state index contributed by atoms with van der Waals surface area (Å²) in [5.41, 5.74) is 1.45. The molecule has 1 N–H and O–H groups in total. The maximum absolute atomic E-state index is 4.33. The van der Waals surface area contributed by atoms with Crippen molar-refractivity contribution >= 4 is 5.82 Å². The molecule has 1 aliphatic rings. The van der Waals surface area contributed by atoms with Gasteiger partial charge in [-0.1, -0.05) is 6.92 Å². The van der Waals surface area contributed by atoms with Crippen LogP contribution in [0.5, 0.6) is 0 Å². The van der Waals surface area contributed by atoms with Crippen molar-refractivity contribution in [3.8, 4) is 0 Å². The number of nitrogens with zero attached hydrogens (tertiary/aromatic N) is 1. The van der Waals surface area contributed by atoms with E-state index in [1.807, 2.05) is 6.20 Å². The zero-order valence-corrected chi connectivity index (χ0v) is 8.96. The number of hydrogen-bond donors (Lipinski definition) is 1. The SMILES string of the molecule is CCC(C)Nc1cc(C2CC2)ccn1. The first-order chi connectivity index (χ1) is 6.79. The fraction of sp³-hybridized carbons (Fsp3) is 0.583. The number of pyridine rings is 1. The fourth-order valence-corrected chi connectivity index (χ4v) is 1.55. The molecule has 0 bridgehead atoms. The Morgan fingerprint density at radius 2 is 2.36 bits per heavy atom. The predicted octanol–water partition coefficient (Wildman–Crippen LogP) is 3.17. The first-order valence-electron chi connectivity index (χ1n) is 5.52. The molecule has 0 spiro atoms. The van der Waals surface area contributed by atoms with Crippen LogP contribution in [0.25, 0.3) is 0 Å². The molecule has 0 radical (unpaired) electrons. The number of hydrogen-bond acceptors (Lipinski definition) is 2. The minimum Gasteiger partial charge on any atom is -0.368 e. The van der Waals surface area contributed by atoms with Crippen molar-refractivity contribution in [1.29, 1.82) is 0 Å². The molecule has 1 saturated carbocycles. The standard InChI is InChI=1S/C12H18N2/c1-3-9(2)14-12-8-11(6-7-13-12)10-4-5-10/h6-10H,3-5H2,1-2H3,(H,13,14). The van der Waals surface area contributed by atoms with Crippen LogP contribution in [0.1, 0.15) is 44.6 Å². The first-order valence-corrected chi connectivity index (χ1v) is 5.52. The molecule has 0 saturated heterocycles. The highest BCUT2D eigenvalue weighted by atomic mass is 15.0. The largest absolute Gasteiger partial charge is 0.368 e. The summed E-state index contributed by atoms with van der Waals surface area (Å²) in [6.07, 6.45) is 5.76. The van der Waals surface area contributed by atoms with Crippen molar-refractivity contribution < 1.29 is 0 Å². The molecule has 1 aliphatic carbocycles. The van der Waals surface area contributed by atoms with E-state index in [-0.39, 0.29) is 0 Å². The van der Waals surface area contributed by atoms with Gasteiger partial charge in [0.25, 0.3) is 0 Å². The van der Waals surface area contributed by atoms with Gasteiger partial charge in [-0.25, -0.2) is 4.98 Å². The molecule has 0 amide bonds. The Labute approximate surface area is 85.7 Å². The molecule has 1 unspecified atom stereocenters. The van der Waals surface area contributed by atoms with Crippen molar-refractivity contribution in [2.75, 3.05) is 5.32 Å². The van der Waals surface area contributed by atoms with Gasteiger partial charge in [-0.15, -0.1) is 0 Å². The van der Waals surface area contributed by atoms with Gasteiger partial charge >= 0.3 is 0 Å². The van der Waals surface area contributed by atoms with Crippen molar-refractivity contribution in [2.24, 2.45) is 0 Å². The Hall–Kier alpha value is -1.05. The van der Waals surface area contributed by atoms with Gasteiger partial charge in [-0.2, -0.15) is 0 Å². The Bertz CT molecular complexity index is 305. The van der Waals surface area contributed by atoms with Gasteiger partial charge in [0.15, 0.2) is 0 Å². The Morgan fingerprint density at radius 1 is 1.57 bits per heavy atom. The Kier molecular flexibility index (Phi) is 2.71. The number of aromatic nitrogens is 1. The number of nitrogens with one attached hydrogen (secondary N) is 1. The van der Waals surface area contributed by atoms with E-state index in [2.05, 4.69) is 36.3 Å². The third kappa shape index (κ3) is 2.25. The average molecular weight is 190 g/mol. The molecule has 1 atom stereocenters. The van der Waals surface area contributed by atoms with Crippen LogP contribution in [0.15, 0.2) is 18.3 Å². The van der Waals surface area contributed by atoms with E-state index in [1.165, 1.54) is 18.4 Å². The van der Waals surface area contributed by atoms with Crippen molar-refractivity contribution in [3.63, 3.8) is 0 Å². The summed E-state index contributed by atoms with van der Waals surface area (Å²) in [5, 5.41) is 3.40. The maximum Gasteiger partial charge on any atom is 0.126 e. The second-order valence-corrected chi connectivity index (χ2v) is 4.20. The van der Waals surface area contributed by atoms with Gasteiger partial charge in [0.05, 0.1) is 0 Å². The van der Waals surface area contributed by atoms with E-state index in [0.717, 1.165) is 18.2 Å². The summed E-state index contributed by atoms with van der Waals surface area (Å²) in [6, 6.07) is 4.85. The second-order valence-electron chi connectivity index (χ2n) is 4.20. The summed E-state index contributed by atoms with van der Waals surface area (Å²) in [4.78, 5) is 4.33. The van der Waals surface area contributed by atoms with Crippen LogP contribution in [-0.4, -0.2) is 11.0 Å². The van der Waals surface area contributed by atoms with Crippen LogP contribution >= 0.6 is 0 Å². The monoisotopic (exact) mass is 190 g/mol. The van der Waals surface area contributed by atoms with Crippen molar-refractivity contribution in [3.05, 3.63) is 23.9 Å². The van der Waals surface area contributed by atoms with Gasteiger partial charge in [0, 0.05) is 12.2 Å². The summed E-state index contributed by atoms with van der Waals surface area (Å²) in [6.45, 7) is 4.37.